The maximum atomic E-state index is 12.8. The summed E-state index contributed by atoms with van der Waals surface area (Å²) < 4.78 is 10.2. The topological polar surface area (TPSA) is 59.1 Å². The van der Waals surface area contributed by atoms with Crippen LogP contribution in [0.5, 0.6) is 5.75 Å². The van der Waals surface area contributed by atoms with Crippen LogP contribution in [0.4, 0.5) is 5.69 Å². The molecule has 1 heterocycles. The Labute approximate surface area is 152 Å². The molecule has 3 rings (SSSR count). The zero-order valence-electron chi connectivity index (χ0n) is 15.0. The van der Waals surface area contributed by atoms with Crippen molar-refractivity contribution in [1.82, 2.24) is 4.90 Å². The Morgan fingerprint density at radius 1 is 0.846 bits per heavy atom. The van der Waals surface area contributed by atoms with E-state index in [4.69, 9.17) is 9.47 Å². The number of benzene rings is 2. The van der Waals surface area contributed by atoms with Gasteiger partial charge in [0.15, 0.2) is 0 Å². The first-order valence-corrected chi connectivity index (χ1v) is 8.50. The quantitative estimate of drug-likeness (QED) is 0.790. The highest BCUT2D eigenvalue weighted by molar-refractivity contribution is 5.97. The van der Waals surface area contributed by atoms with Gasteiger partial charge in [0.25, 0.3) is 5.91 Å². The maximum Gasteiger partial charge on any atom is 0.339 e. The third kappa shape index (κ3) is 3.49. The van der Waals surface area contributed by atoms with Gasteiger partial charge in [-0.15, -0.1) is 0 Å². The fourth-order valence-corrected chi connectivity index (χ4v) is 3.17. The summed E-state index contributed by atoms with van der Waals surface area (Å²) in [5.74, 6) is 0.187. The van der Waals surface area contributed by atoms with Gasteiger partial charge in [0.05, 0.1) is 31.0 Å². The Balaban J connectivity index is 1.72. The molecule has 2 aromatic carbocycles. The monoisotopic (exact) mass is 354 g/mol. The molecule has 0 aromatic heterocycles. The Morgan fingerprint density at radius 3 is 2.12 bits per heavy atom. The number of carbonyl (C=O) groups excluding carboxylic acids is 2. The maximum absolute atomic E-state index is 12.8. The number of esters is 1. The van der Waals surface area contributed by atoms with Gasteiger partial charge in [0.2, 0.25) is 0 Å². The molecule has 0 unspecified atom stereocenters. The molecule has 2 aromatic rings. The summed E-state index contributed by atoms with van der Waals surface area (Å²) in [5, 5.41) is 0. The normalized spacial score (nSPS) is 14.1. The van der Waals surface area contributed by atoms with Gasteiger partial charge in [-0.3, -0.25) is 4.79 Å². The molecule has 6 nitrogen and oxygen atoms in total. The van der Waals surface area contributed by atoms with Gasteiger partial charge in [-0.1, -0.05) is 24.3 Å². The highest BCUT2D eigenvalue weighted by Crippen LogP contribution is 2.24. The lowest BCUT2D eigenvalue weighted by atomic mass is 10.1. The molecule has 1 aliphatic heterocycles. The summed E-state index contributed by atoms with van der Waals surface area (Å²) >= 11 is 0. The first-order valence-electron chi connectivity index (χ1n) is 8.50. The van der Waals surface area contributed by atoms with Gasteiger partial charge < -0.3 is 19.3 Å². The third-order valence-electron chi connectivity index (χ3n) is 4.55. The molecule has 26 heavy (non-hydrogen) atoms. The lowest BCUT2D eigenvalue weighted by Gasteiger charge is -2.36. The van der Waals surface area contributed by atoms with Crippen LogP contribution in [0.1, 0.15) is 20.7 Å². The predicted octanol–water partition coefficient (Wildman–Crippen LogP) is 2.44. The standard InChI is InChI=1S/C20H22N2O4/c1-25-18-10-6-4-8-16(18)19(23)22-13-11-21(12-14-22)17-9-5-3-7-15(17)20(24)26-2/h3-10H,11-14H2,1-2H3. The zero-order valence-corrected chi connectivity index (χ0v) is 15.0. The van der Waals surface area contributed by atoms with Gasteiger partial charge in [0, 0.05) is 26.2 Å². The van der Waals surface area contributed by atoms with E-state index >= 15 is 0 Å². The van der Waals surface area contributed by atoms with Crippen LogP contribution in [0.15, 0.2) is 48.5 Å². The number of para-hydroxylation sites is 2. The van der Waals surface area contributed by atoms with Crippen LogP contribution >= 0.6 is 0 Å². The molecule has 0 N–H and O–H groups in total. The number of anilines is 1. The summed E-state index contributed by atoms with van der Waals surface area (Å²) in [6, 6.07) is 14.6. The number of ether oxygens (including phenoxy) is 2. The predicted molar refractivity (Wildman–Crippen MR) is 98.9 cm³/mol. The van der Waals surface area contributed by atoms with Crippen molar-refractivity contribution in [2.24, 2.45) is 0 Å². The molecule has 136 valence electrons. The summed E-state index contributed by atoms with van der Waals surface area (Å²) in [4.78, 5) is 28.7. The average Bonchev–Trinajstić information content (AvgIpc) is 2.72. The molecule has 1 fully saturated rings. The van der Waals surface area contributed by atoms with Gasteiger partial charge in [-0.25, -0.2) is 4.79 Å². The lowest BCUT2D eigenvalue weighted by molar-refractivity contribution is 0.0599. The number of hydrogen-bond acceptors (Lipinski definition) is 5. The number of nitrogens with zero attached hydrogens (tertiary/aromatic N) is 2. The van der Waals surface area contributed by atoms with Crippen LogP contribution < -0.4 is 9.64 Å². The number of piperazine rings is 1. The number of carbonyl (C=O) groups is 2. The van der Waals surface area contributed by atoms with Crippen molar-refractivity contribution in [3.63, 3.8) is 0 Å². The van der Waals surface area contributed by atoms with E-state index in [0.29, 0.717) is 43.1 Å². The molecule has 0 spiro atoms. The molecular formula is C20H22N2O4. The molecule has 6 heteroatoms. The lowest BCUT2D eigenvalue weighted by Crippen LogP contribution is -2.49. The van der Waals surface area contributed by atoms with E-state index in [1.165, 1.54) is 7.11 Å². The second-order valence-electron chi connectivity index (χ2n) is 5.99. The van der Waals surface area contributed by atoms with Crippen LogP contribution in [0.3, 0.4) is 0 Å². The van der Waals surface area contributed by atoms with Gasteiger partial charge >= 0.3 is 5.97 Å². The van der Waals surface area contributed by atoms with Crippen LogP contribution in [0.25, 0.3) is 0 Å². The Kier molecular flexibility index (Phi) is 5.41. The second kappa shape index (κ2) is 7.91. The summed E-state index contributed by atoms with van der Waals surface area (Å²) in [6.07, 6.45) is 0. The molecule has 1 aliphatic rings. The van der Waals surface area contributed by atoms with Crippen molar-refractivity contribution in [1.29, 1.82) is 0 Å². The summed E-state index contributed by atoms with van der Waals surface area (Å²) in [5.41, 5.74) is 1.95. The van der Waals surface area contributed by atoms with E-state index in [2.05, 4.69) is 4.90 Å². The van der Waals surface area contributed by atoms with Gasteiger partial charge in [-0.2, -0.15) is 0 Å². The Bertz CT molecular complexity index is 798. The van der Waals surface area contributed by atoms with Crippen molar-refractivity contribution in [2.45, 2.75) is 0 Å². The van der Waals surface area contributed by atoms with E-state index in [9.17, 15) is 9.59 Å². The first-order chi connectivity index (χ1) is 12.7. The molecule has 0 atom stereocenters. The summed E-state index contributed by atoms with van der Waals surface area (Å²) in [6.45, 7) is 2.45. The van der Waals surface area contributed by atoms with Crippen LogP contribution in [-0.2, 0) is 4.74 Å². The fraction of sp³-hybridized carbons (Fsp3) is 0.300. The Hall–Kier alpha value is -3.02. The fourth-order valence-electron chi connectivity index (χ4n) is 3.17. The largest absolute Gasteiger partial charge is 0.496 e. The number of methoxy groups -OCH3 is 2. The second-order valence-corrected chi connectivity index (χ2v) is 5.99. The first kappa shape index (κ1) is 17.8. The minimum atomic E-state index is -0.354. The van der Waals surface area contributed by atoms with Gasteiger partial charge in [-0.05, 0) is 24.3 Å². The molecule has 1 saturated heterocycles. The molecular weight excluding hydrogens is 332 g/mol. The zero-order chi connectivity index (χ0) is 18.5. The van der Waals surface area contributed by atoms with Crippen molar-refractivity contribution in [3.05, 3.63) is 59.7 Å². The number of amides is 1. The molecule has 0 bridgehead atoms. The molecule has 0 radical (unpaired) electrons. The van der Waals surface area contributed by atoms with E-state index in [1.807, 2.05) is 35.2 Å². The van der Waals surface area contributed by atoms with E-state index in [1.54, 1.807) is 25.3 Å². The third-order valence-corrected chi connectivity index (χ3v) is 4.55. The molecule has 1 amide bonds. The SMILES string of the molecule is COC(=O)c1ccccc1N1CCN(C(=O)c2ccccc2OC)CC1. The van der Waals surface area contributed by atoms with E-state index in [0.717, 1.165) is 5.69 Å². The minimum absolute atomic E-state index is 0.0386. The van der Waals surface area contributed by atoms with E-state index in [-0.39, 0.29) is 11.9 Å². The minimum Gasteiger partial charge on any atom is -0.496 e. The highest BCUT2D eigenvalue weighted by atomic mass is 16.5. The molecule has 0 aliphatic carbocycles. The summed E-state index contributed by atoms with van der Waals surface area (Å²) in [7, 11) is 2.94. The van der Waals surface area contributed by atoms with Crippen molar-refractivity contribution in [3.8, 4) is 5.75 Å². The van der Waals surface area contributed by atoms with Crippen molar-refractivity contribution < 1.29 is 19.1 Å². The van der Waals surface area contributed by atoms with Crippen LogP contribution in [0, 0.1) is 0 Å². The van der Waals surface area contributed by atoms with Crippen LogP contribution in [-0.4, -0.2) is 57.2 Å². The van der Waals surface area contributed by atoms with E-state index < -0.39 is 0 Å². The Morgan fingerprint density at radius 2 is 1.46 bits per heavy atom. The number of hydrogen-bond donors (Lipinski definition) is 0. The van der Waals surface area contributed by atoms with Crippen molar-refractivity contribution >= 4 is 17.6 Å². The average molecular weight is 354 g/mol. The highest BCUT2D eigenvalue weighted by Gasteiger charge is 2.26. The number of rotatable bonds is 4. The van der Waals surface area contributed by atoms with Crippen LogP contribution in [0.2, 0.25) is 0 Å². The smallest absolute Gasteiger partial charge is 0.339 e. The molecule has 0 saturated carbocycles. The van der Waals surface area contributed by atoms with Gasteiger partial charge in [0.1, 0.15) is 5.75 Å². The van der Waals surface area contributed by atoms with Crippen molar-refractivity contribution in [2.75, 3.05) is 45.3 Å².